The van der Waals surface area contributed by atoms with E-state index in [1.807, 2.05) is 30.3 Å². The Labute approximate surface area is 366 Å². The van der Waals surface area contributed by atoms with E-state index in [0.717, 1.165) is 111 Å². The Hall–Kier alpha value is -5.96. The Morgan fingerprint density at radius 2 is 1.62 bits per heavy atom. The summed E-state index contributed by atoms with van der Waals surface area (Å²) in [5, 5.41) is 22.5. The van der Waals surface area contributed by atoms with Crippen LogP contribution < -0.4 is 30.7 Å². The number of carbonyl (C=O) groups excluding carboxylic acids is 2. The first-order chi connectivity index (χ1) is 30.6. The van der Waals surface area contributed by atoms with Gasteiger partial charge in [-0.25, -0.2) is 14.2 Å². The summed E-state index contributed by atoms with van der Waals surface area (Å²) in [5.41, 5.74) is 13.5. The Morgan fingerprint density at radius 3 is 2.37 bits per heavy atom. The van der Waals surface area contributed by atoms with Crippen LogP contribution in [-0.4, -0.2) is 106 Å². The Morgan fingerprint density at radius 1 is 0.857 bits per heavy atom. The van der Waals surface area contributed by atoms with Gasteiger partial charge in [0.05, 0.1) is 29.0 Å². The number of rotatable bonds is 8. The lowest BCUT2D eigenvalue weighted by Crippen LogP contribution is -2.54. The molecule has 63 heavy (non-hydrogen) atoms. The Balaban J connectivity index is 0.675. The molecule has 1 saturated carbocycles. The number of urea groups is 1. The maximum Gasteiger partial charge on any atom is 0.328 e. The topological polar surface area (TPSA) is 152 Å². The van der Waals surface area contributed by atoms with Gasteiger partial charge in [-0.3, -0.25) is 15.0 Å². The molecule has 3 aromatic heterocycles. The van der Waals surface area contributed by atoms with E-state index in [4.69, 9.17) is 10.7 Å². The molecule has 2 atom stereocenters. The molecule has 1 aliphatic carbocycles. The van der Waals surface area contributed by atoms with Crippen molar-refractivity contribution in [3.63, 3.8) is 0 Å². The van der Waals surface area contributed by atoms with Crippen LogP contribution in [0.15, 0.2) is 67.0 Å². The summed E-state index contributed by atoms with van der Waals surface area (Å²) in [6.07, 6.45) is 13.3. The molecule has 6 fully saturated rings. The molecule has 11 rings (SSSR count). The van der Waals surface area contributed by atoms with E-state index in [0.29, 0.717) is 47.4 Å². The number of benzene rings is 2. The number of aromatic nitrogens is 4. The van der Waals surface area contributed by atoms with Crippen LogP contribution in [0.3, 0.4) is 0 Å². The van der Waals surface area contributed by atoms with Crippen molar-refractivity contribution in [3.05, 3.63) is 78.4 Å². The Bertz CT molecular complexity index is 2560. The van der Waals surface area contributed by atoms with Gasteiger partial charge in [-0.2, -0.15) is 0 Å². The first-order valence-corrected chi connectivity index (χ1v) is 22.9. The molecule has 4 N–H and O–H groups in total. The van der Waals surface area contributed by atoms with Crippen LogP contribution in [0.2, 0.25) is 0 Å². The molecule has 1 spiro atoms. The number of carbonyl (C=O) groups is 2. The second-order valence-corrected chi connectivity index (χ2v) is 19.2. The van der Waals surface area contributed by atoms with E-state index in [2.05, 4.69) is 58.9 Å². The minimum absolute atomic E-state index is 0.149. The molecule has 15 heteroatoms. The number of halogens is 1. The number of anilines is 5. The van der Waals surface area contributed by atoms with Crippen molar-refractivity contribution in [2.45, 2.75) is 82.8 Å². The van der Waals surface area contributed by atoms with Crippen molar-refractivity contribution in [3.8, 4) is 17.0 Å². The quantitative estimate of drug-likeness (QED) is 0.150. The van der Waals surface area contributed by atoms with E-state index in [-0.39, 0.29) is 35.6 Å². The van der Waals surface area contributed by atoms with Crippen LogP contribution in [0.1, 0.15) is 69.4 Å². The van der Waals surface area contributed by atoms with Crippen LogP contribution >= 0.6 is 0 Å². The largest absolute Gasteiger partial charge is 0.507 e. The van der Waals surface area contributed by atoms with Crippen LogP contribution in [0.25, 0.3) is 22.3 Å². The number of nitrogens with two attached hydrogens (primary N) is 1. The maximum atomic E-state index is 15.6. The molecule has 2 bridgehead atoms. The lowest BCUT2D eigenvalue weighted by atomic mass is 9.60. The average Bonchev–Trinajstić information content (AvgIpc) is 3.74. The Kier molecular flexibility index (Phi) is 9.92. The number of phenols is 1. The number of hydrogen-bond acceptors (Lipinski definition) is 11. The third kappa shape index (κ3) is 7.27. The molecule has 0 radical (unpaired) electrons. The van der Waals surface area contributed by atoms with Crippen LogP contribution in [0.5, 0.6) is 5.75 Å². The summed E-state index contributed by atoms with van der Waals surface area (Å²) in [6, 6.07) is 17.4. The van der Waals surface area contributed by atoms with Crippen molar-refractivity contribution in [2.24, 2.45) is 11.3 Å². The average molecular weight is 854 g/mol. The first-order valence-electron chi connectivity index (χ1n) is 22.9. The van der Waals surface area contributed by atoms with E-state index < -0.39 is 0 Å². The lowest BCUT2D eigenvalue weighted by Gasteiger charge is -2.53. The van der Waals surface area contributed by atoms with E-state index in [1.54, 1.807) is 29.3 Å². The maximum absolute atomic E-state index is 15.6. The number of amides is 3. The molecule has 14 nitrogen and oxygen atoms in total. The highest BCUT2D eigenvalue weighted by atomic mass is 19.1. The van der Waals surface area contributed by atoms with Gasteiger partial charge in [0.1, 0.15) is 17.2 Å². The fourth-order valence-corrected chi connectivity index (χ4v) is 11.9. The molecule has 2 unspecified atom stereocenters. The number of phenolic OH excluding ortho intramolecular Hbond substituents is 1. The normalized spacial score (nSPS) is 23.2. The number of hydrogen-bond donors (Lipinski definition) is 3. The monoisotopic (exact) mass is 853 g/mol. The number of nitrogen functional groups attached to an aromatic ring is 1. The number of piperidine rings is 2. The third-order valence-corrected chi connectivity index (χ3v) is 15.4. The van der Waals surface area contributed by atoms with Gasteiger partial charge >= 0.3 is 6.03 Å². The summed E-state index contributed by atoms with van der Waals surface area (Å²) in [6.45, 7) is 9.14. The number of aromatic hydroxyl groups is 1. The molecule has 6 aliphatic rings. The molecule has 5 aliphatic heterocycles. The third-order valence-electron chi connectivity index (χ3n) is 15.4. The highest BCUT2D eigenvalue weighted by Gasteiger charge is 2.47. The van der Waals surface area contributed by atoms with Gasteiger partial charge in [0.15, 0.2) is 5.82 Å². The van der Waals surface area contributed by atoms with Crippen molar-refractivity contribution in [1.29, 1.82) is 0 Å². The number of fused-ring (bicyclic) bond motifs is 3. The predicted octanol–water partition coefficient (Wildman–Crippen LogP) is 6.87. The SMILES string of the molecule is Cc1cn(C2CC3(CCN(CC4CCN(c5cc(N6C7CCC6CN(c6cc(-c8ccccc8O)nnc6N)C7)ccc5F)CC4)CC3)C2)c2ncc(N3CCC(=O)NC3=O)cc12. The zero-order valence-corrected chi connectivity index (χ0v) is 35.9. The molecule has 8 heterocycles. The number of aryl methyl sites for hydroxylation is 1. The standard InChI is InChI=1S/C48H56FN11O3/c1-30-26-59(46-38(30)20-35(25-51-46)58-17-12-44(62)52-47(58)63)36-23-48(24-36)13-18-55(19-14-48)27-31-10-15-56(16-11-31)41-21-32(8-9-39(41)49)60-33-6-7-34(60)29-57(28-33)42-22-40(53-54-45(42)50)37-4-2-3-5-43(37)61/h2-5,8-9,20-22,25-26,31,33-34,36,61H,6-7,10-19,23-24,27-29H2,1H3,(H2,50,54)(H,52,62,63). The molecule has 5 saturated heterocycles. The smallest absolute Gasteiger partial charge is 0.328 e. The fraction of sp³-hybridized carbons (Fsp3) is 0.479. The van der Waals surface area contributed by atoms with Gasteiger partial charge in [-0.05, 0) is 131 Å². The van der Waals surface area contributed by atoms with Gasteiger partial charge in [0, 0.05) is 86.6 Å². The number of nitrogens with zero attached hydrogens (tertiary/aromatic N) is 9. The summed E-state index contributed by atoms with van der Waals surface area (Å²) in [5.74, 6) is 0.767. The molecular weight excluding hydrogens is 798 g/mol. The van der Waals surface area contributed by atoms with Gasteiger partial charge in [-0.15, -0.1) is 10.2 Å². The van der Waals surface area contributed by atoms with Crippen molar-refractivity contribution in [2.75, 3.05) is 77.7 Å². The number of imide groups is 1. The van der Waals surface area contributed by atoms with Crippen LogP contribution in [0, 0.1) is 24.1 Å². The number of nitrogens with one attached hydrogen (secondary N) is 1. The lowest BCUT2D eigenvalue weighted by molar-refractivity contribution is -0.120. The van der Waals surface area contributed by atoms with Crippen LogP contribution in [-0.2, 0) is 4.79 Å². The zero-order chi connectivity index (χ0) is 43.0. The number of likely N-dealkylation sites (tertiary alicyclic amines) is 1. The van der Waals surface area contributed by atoms with E-state index in [1.165, 1.54) is 25.7 Å². The number of pyridine rings is 1. The minimum Gasteiger partial charge on any atom is -0.507 e. The summed E-state index contributed by atoms with van der Waals surface area (Å²) >= 11 is 0. The second kappa shape index (κ2) is 15.7. The van der Waals surface area contributed by atoms with Gasteiger partial charge in [-0.1, -0.05) is 12.1 Å². The van der Waals surface area contributed by atoms with Crippen molar-refractivity contribution < 1.29 is 19.1 Å². The molecule has 2 aromatic carbocycles. The molecule has 3 amide bonds. The zero-order valence-electron chi connectivity index (χ0n) is 35.9. The number of piperazine rings is 1. The molecule has 5 aromatic rings. The van der Waals surface area contributed by atoms with E-state index in [9.17, 15) is 14.7 Å². The number of para-hydroxylation sites is 1. The highest BCUT2D eigenvalue weighted by Crippen LogP contribution is 2.55. The van der Waals surface area contributed by atoms with Crippen LogP contribution in [0.4, 0.5) is 37.8 Å². The summed E-state index contributed by atoms with van der Waals surface area (Å²) < 4.78 is 18.0. The molecular formula is C48H56FN11O3. The molecule has 328 valence electrons. The first kappa shape index (κ1) is 39.9. The van der Waals surface area contributed by atoms with Gasteiger partial charge < -0.3 is 35.0 Å². The van der Waals surface area contributed by atoms with Gasteiger partial charge in [0.25, 0.3) is 0 Å². The minimum atomic E-state index is -0.386. The van der Waals surface area contributed by atoms with Gasteiger partial charge in [0.2, 0.25) is 5.91 Å². The van der Waals surface area contributed by atoms with Crippen molar-refractivity contribution >= 4 is 51.5 Å². The fourth-order valence-electron chi connectivity index (χ4n) is 11.9. The second-order valence-electron chi connectivity index (χ2n) is 19.2. The van der Waals surface area contributed by atoms with Crippen molar-refractivity contribution in [1.82, 2.24) is 30.0 Å². The predicted molar refractivity (Wildman–Crippen MR) is 243 cm³/mol. The highest BCUT2D eigenvalue weighted by molar-refractivity contribution is 6.06. The summed E-state index contributed by atoms with van der Waals surface area (Å²) in [7, 11) is 0. The van der Waals surface area contributed by atoms with E-state index >= 15 is 4.39 Å². The summed E-state index contributed by atoms with van der Waals surface area (Å²) in [4.78, 5) is 40.3.